The first-order chi connectivity index (χ1) is 7.91. The summed E-state index contributed by atoms with van der Waals surface area (Å²) in [5, 5.41) is 27.7. The molecule has 0 heterocycles. The van der Waals surface area contributed by atoms with Crippen LogP contribution in [-0.2, 0) is 9.59 Å². The van der Waals surface area contributed by atoms with Gasteiger partial charge in [-0.05, 0) is 17.7 Å². The molecule has 0 aromatic heterocycles. The molecule has 0 atom stereocenters. The number of carboxylic acids is 2. The van der Waals surface area contributed by atoms with Gasteiger partial charge in [0.1, 0.15) is 0 Å². The van der Waals surface area contributed by atoms with Crippen molar-refractivity contribution in [3.05, 3.63) is 46.0 Å². The van der Waals surface area contributed by atoms with Gasteiger partial charge >= 0.3 is 11.9 Å². The van der Waals surface area contributed by atoms with Crippen molar-refractivity contribution >= 4 is 23.2 Å². The Kier molecular flexibility index (Phi) is 3.55. The summed E-state index contributed by atoms with van der Waals surface area (Å²) in [7, 11) is 0. The summed E-state index contributed by atoms with van der Waals surface area (Å²) in [6.45, 7) is 0. The number of nitro groups is 1. The number of hydrogen-bond donors (Lipinski definition) is 2. The van der Waals surface area contributed by atoms with Gasteiger partial charge in [-0.25, -0.2) is 9.59 Å². The van der Waals surface area contributed by atoms with Gasteiger partial charge in [0, 0.05) is 18.2 Å². The summed E-state index contributed by atoms with van der Waals surface area (Å²) in [5.74, 6) is -2.82. The maximum atomic E-state index is 10.8. The molecule has 1 rings (SSSR count). The van der Waals surface area contributed by atoms with Crippen molar-refractivity contribution in [3.8, 4) is 0 Å². The summed E-state index contributed by atoms with van der Waals surface area (Å²) in [4.78, 5) is 30.9. The lowest BCUT2D eigenvalue weighted by atomic mass is 10.1. The van der Waals surface area contributed by atoms with E-state index in [1.807, 2.05) is 0 Å². The largest absolute Gasteiger partial charge is 0.478 e. The summed E-state index contributed by atoms with van der Waals surface area (Å²) in [6.07, 6.45) is 0.531. The van der Waals surface area contributed by atoms with Crippen molar-refractivity contribution in [2.24, 2.45) is 0 Å². The van der Waals surface area contributed by atoms with E-state index in [2.05, 4.69) is 0 Å². The van der Waals surface area contributed by atoms with Crippen LogP contribution < -0.4 is 0 Å². The number of nitro benzene ring substituents is 1. The van der Waals surface area contributed by atoms with E-state index in [9.17, 15) is 19.7 Å². The molecule has 0 bridgehead atoms. The predicted molar refractivity (Wildman–Crippen MR) is 56.3 cm³/mol. The second kappa shape index (κ2) is 4.88. The lowest BCUT2D eigenvalue weighted by Crippen LogP contribution is -2.03. The van der Waals surface area contributed by atoms with Gasteiger partial charge in [-0.3, -0.25) is 10.1 Å². The first-order valence-corrected chi connectivity index (χ1v) is 4.34. The Morgan fingerprint density at radius 1 is 1.18 bits per heavy atom. The number of carbonyl (C=O) groups is 2. The van der Waals surface area contributed by atoms with Gasteiger partial charge in [-0.15, -0.1) is 0 Å². The fourth-order valence-corrected chi connectivity index (χ4v) is 1.15. The third kappa shape index (κ3) is 3.13. The van der Waals surface area contributed by atoms with E-state index >= 15 is 0 Å². The van der Waals surface area contributed by atoms with Crippen LogP contribution in [0.4, 0.5) is 5.69 Å². The van der Waals surface area contributed by atoms with E-state index in [0.29, 0.717) is 6.08 Å². The minimum atomic E-state index is -1.42. The Morgan fingerprint density at radius 2 is 1.71 bits per heavy atom. The Morgan fingerprint density at radius 3 is 2.06 bits per heavy atom. The first kappa shape index (κ1) is 12.4. The Bertz CT molecular complexity index is 502. The van der Waals surface area contributed by atoms with E-state index < -0.39 is 22.4 Å². The molecular weight excluding hydrogens is 230 g/mol. The van der Waals surface area contributed by atoms with E-state index in [4.69, 9.17) is 10.2 Å². The molecule has 0 spiro atoms. The molecule has 0 aliphatic rings. The van der Waals surface area contributed by atoms with E-state index in [0.717, 1.165) is 12.1 Å². The fourth-order valence-electron chi connectivity index (χ4n) is 1.15. The van der Waals surface area contributed by atoms with Crippen LogP contribution in [0.3, 0.4) is 0 Å². The van der Waals surface area contributed by atoms with Gasteiger partial charge < -0.3 is 10.2 Å². The topological polar surface area (TPSA) is 118 Å². The fraction of sp³-hybridized carbons (Fsp3) is 0. The van der Waals surface area contributed by atoms with Crippen LogP contribution in [0.5, 0.6) is 0 Å². The van der Waals surface area contributed by atoms with Crippen LogP contribution in [0.1, 0.15) is 5.56 Å². The summed E-state index contributed by atoms with van der Waals surface area (Å²) >= 11 is 0. The van der Waals surface area contributed by atoms with Gasteiger partial charge in [0.2, 0.25) is 0 Å². The molecule has 88 valence electrons. The molecule has 7 nitrogen and oxygen atoms in total. The highest BCUT2D eigenvalue weighted by molar-refractivity contribution is 6.19. The SMILES string of the molecule is O=C(O)C=C(C(=O)O)c1ccc([N+](=O)[O-])cc1. The second-order valence-corrected chi connectivity index (χ2v) is 3.01. The predicted octanol–water partition coefficient (Wildman–Crippen LogP) is 1.15. The van der Waals surface area contributed by atoms with Gasteiger partial charge in [0.15, 0.2) is 0 Å². The van der Waals surface area contributed by atoms with Gasteiger partial charge in [0.05, 0.1) is 10.5 Å². The number of benzene rings is 1. The third-order valence-corrected chi connectivity index (χ3v) is 1.89. The molecule has 0 radical (unpaired) electrons. The smallest absolute Gasteiger partial charge is 0.336 e. The molecule has 17 heavy (non-hydrogen) atoms. The van der Waals surface area contributed by atoms with E-state index in [1.165, 1.54) is 12.1 Å². The molecule has 1 aromatic carbocycles. The van der Waals surface area contributed by atoms with Crippen molar-refractivity contribution in [2.75, 3.05) is 0 Å². The van der Waals surface area contributed by atoms with Crippen LogP contribution in [0.25, 0.3) is 5.57 Å². The second-order valence-electron chi connectivity index (χ2n) is 3.01. The minimum Gasteiger partial charge on any atom is -0.478 e. The highest BCUT2D eigenvalue weighted by Crippen LogP contribution is 2.18. The van der Waals surface area contributed by atoms with Crippen LogP contribution in [0.2, 0.25) is 0 Å². The zero-order valence-corrected chi connectivity index (χ0v) is 8.36. The average Bonchev–Trinajstić information content (AvgIpc) is 2.25. The Labute approximate surface area is 94.8 Å². The first-order valence-electron chi connectivity index (χ1n) is 4.34. The molecule has 0 unspecified atom stereocenters. The van der Waals surface area contributed by atoms with Crippen LogP contribution >= 0.6 is 0 Å². The van der Waals surface area contributed by atoms with Crippen molar-refractivity contribution < 1.29 is 24.7 Å². The van der Waals surface area contributed by atoms with Gasteiger partial charge in [-0.1, -0.05) is 0 Å². The average molecular weight is 237 g/mol. The molecule has 0 saturated heterocycles. The van der Waals surface area contributed by atoms with E-state index in [1.54, 1.807) is 0 Å². The number of carboxylic acid groups (broad SMARTS) is 2. The number of hydrogen-bond acceptors (Lipinski definition) is 4. The van der Waals surface area contributed by atoms with Crippen LogP contribution in [0.15, 0.2) is 30.3 Å². The number of non-ortho nitro benzene ring substituents is 1. The number of aliphatic carboxylic acids is 2. The number of nitrogens with zero attached hydrogens (tertiary/aromatic N) is 1. The lowest BCUT2D eigenvalue weighted by Gasteiger charge is -2.00. The molecule has 0 amide bonds. The van der Waals surface area contributed by atoms with Gasteiger partial charge in [-0.2, -0.15) is 0 Å². The van der Waals surface area contributed by atoms with Gasteiger partial charge in [0.25, 0.3) is 5.69 Å². The maximum Gasteiger partial charge on any atom is 0.336 e. The molecule has 2 N–H and O–H groups in total. The molecule has 1 aromatic rings. The lowest BCUT2D eigenvalue weighted by molar-refractivity contribution is -0.384. The van der Waals surface area contributed by atoms with Crippen molar-refractivity contribution in [1.29, 1.82) is 0 Å². The molecule has 0 aliphatic heterocycles. The highest BCUT2D eigenvalue weighted by Gasteiger charge is 2.13. The van der Waals surface area contributed by atoms with E-state index in [-0.39, 0.29) is 11.3 Å². The van der Waals surface area contributed by atoms with Crippen LogP contribution in [0, 0.1) is 10.1 Å². The number of rotatable bonds is 4. The Balaban J connectivity index is 3.17. The normalized spacial score (nSPS) is 10.9. The molecule has 7 heteroatoms. The van der Waals surface area contributed by atoms with Crippen molar-refractivity contribution in [2.45, 2.75) is 0 Å². The molecule has 0 saturated carbocycles. The molecule has 0 fully saturated rings. The maximum absolute atomic E-state index is 10.8. The Hall–Kier alpha value is -2.70. The zero-order valence-electron chi connectivity index (χ0n) is 8.36. The standard InChI is InChI=1S/C10H7NO6/c12-9(13)5-8(10(14)15)6-1-3-7(4-2-6)11(16)17/h1-5H,(H,12,13)(H,14,15). The summed E-state index contributed by atoms with van der Waals surface area (Å²) in [6, 6.07) is 4.57. The van der Waals surface area contributed by atoms with Crippen LogP contribution in [-0.4, -0.2) is 27.1 Å². The zero-order chi connectivity index (χ0) is 13.0. The summed E-state index contributed by atoms with van der Waals surface area (Å²) < 4.78 is 0. The quantitative estimate of drug-likeness (QED) is 0.460. The minimum absolute atomic E-state index is 0.0884. The highest BCUT2D eigenvalue weighted by atomic mass is 16.6. The third-order valence-electron chi connectivity index (χ3n) is 1.89. The summed E-state index contributed by atoms with van der Waals surface area (Å²) in [5.41, 5.74) is -0.549. The molecule has 0 aliphatic carbocycles. The monoisotopic (exact) mass is 237 g/mol. The molecular formula is C10H7NO6. The van der Waals surface area contributed by atoms with Crippen molar-refractivity contribution in [1.82, 2.24) is 0 Å². The van der Waals surface area contributed by atoms with Crippen molar-refractivity contribution in [3.63, 3.8) is 0 Å².